The van der Waals surface area contributed by atoms with Crippen LogP contribution in [-0.2, 0) is 14.8 Å². The molecule has 1 rings (SSSR count). The number of carboxylic acid groups (broad SMARTS) is 1. The van der Waals surface area contributed by atoms with E-state index < -0.39 is 22.0 Å². The van der Waals surface area contributed by atoms with Crippen molar-refractivity contribution in [3.05, 3.63) is 29.8 Å². The van der Waals surface area contributed by atoms with Crippen molar-refractivity contribution in [3.8, 4) is 0 Å². The Kier molecular flexibility index (Phi) is 4.34. The Morgan fingerprint density at radius 3 is 2.17 bits per heavy atom. The molecule has 1 aromatic carbocycles. The van der Waals surface area contributed by atoms with Crippen LogP contribution in [0.4, 0.5) is 5.69 Å². The summed E-state index contributed by atoms with van der Waals surface area (Å²) < 4.78 is 24.5. The first-order valence-corrected chi connectivity index (χ1v) is 7.41. The Morgan fingerprint density at radius 1 is 1.33 bits per heavy atom. The molecule has 1 atom stereocenters. The van der Waals surface area contributed by atoms with Crippen LogP contribution in [0.15, 0.2) is 24.3 Å². The van der Waals surface area contributed by atoms with E-state index in [0.717, 1.165) is 16.1 Å². The van der Waals surface area contributed by atoms with Crippen LogP contribution in [0.3, 0.4) is 0 Å². The number of rotatable bonds is 5. The molecular formula is C12H17NO4S. The summed E-state index contributed by atoms with van der Waals surface area (Å²) in [6, 6.07) is 5.65. The molecule has 100 valence electrons. The van der Waals surface area contributed by atoms with Crippen molar-refractivity contribution in [3.63, 3.8) is 0 Å². The van der Waals surface area contributed by atoms with E-state index >= 15 is 0 Å². The van der Waals surface area contributed by atoms with Crippen molar-refractivity contribution in [1.29, 1.82) is 0 Å². The molecule has 0 heterocycles. The van der Waals surface area contributed by atoms with Gasteiger partial charge in [-0.15, -0.1) is 0 Å². The molecule has 18 heavy (non-hydrogen) atoms. The lowest BCUT2D eigenvalue weighted by atomic mass is 10.2. The Bertz CT molecular complexity index is 522. The Labute approximate surface area is 107 Å². The van der Waals surface area contributed by atoms with E-state index in [1.54, 1.807) is 31.2 Å². The zero-order valence-electron chi connectivity index (χ0n) is 10.6. The zero-order chi connectivity index (χ0) is 13.9. The van der Waals surface area contributed by atoms with E-state index in [9.17, 15) is 13.2 Å². The number of aliphatic carboxylic acids is 1. The molecule has 0 amide bonds. The first-order valence-electron chi connectivity index (χ1n) is 5.56. The van der Waals surface area contributed by atoms with Crippen LogP contribution in [0.1, 0.15) is 18.9 Å². The minimum atomic E-state index is -3.63. The van der Waals surface area contributed by atoms with Gasteiger partial charge in [-0.25, -0.2) is 13.2 Å². The van der Waals surface area contributed by atoms with Crippen molar-refractivity contribution in [2.24, 2.45) is 0 Å². The van der Waals surface area contributed by atoms with E-state index in [4.69, 9.17) is 5.11 Å². The summed E-state index contributed by atoms with van der Waals surface area (Å²) >= 11 is 0. The smallest absolute Gasteiger partial charge is 0.327 e. The molecule has 0 radical (unpaired) electrons. The topological polar surface area (TPSA) is 74.7 Å². The van der Waals surface area contributed by atoms with Crippen LogP contribution in [0.2, 0.25) is 0 Å². The van der Waals surface area contributed by atoms with E-state index in [1.165, 1.54) is 0 Å². The second-order valence-corrected chi connectivity index (χ2v) is 6.02. The van der Waals surface area contributed by atoms with Gasteiger partial charge in [0.05, 0.1) is 11.9 Å². The summed E-state index contributed by atoms with van der Waals surface area (Å²) in [6.07, 6.45) is 1.22. The first-order chi connectivity index (χ1) is 8.27. The molecule has 5 nitrogen and oxygen atoms in total. The number of carbonyl (C=O) groups is 1. The van der Waals surface area contributed by atoms with Gasteiger partial charge in [0, 0.05) is 0 Å². The third kappa shape index (κ3) is 3.22. The quantitative estimate of drug-likeness (QED) is 0.883. The van der Waals surface area contributed by atoms with E-state index in [-0.39, 0.29) is 6.42 Å². The van der Waals surface area contributed by atoms with Crippen molar-refractivity contribution in [2.45, 2.75) is 26.3 Å². The van der Waals surface area contributed by atoms with Crippen LogP contribution < -0.4 is 4.31 Å². The van der Waals surface area contributed by atoms with Crippen molar-refractivity contribution in [2.75, 3.05) is 10.6 Å². The number of sulfonamides is 1. The predicted molar refractivity (Wildman–Crippen MR) is 70.2 cm³/mol. The van der Waals surface area contributed by atoms with Crippen LogP contribution in [-0.4, -0.2) is 31.8 Å². The molecule has 1 unspecified atom stereocenters. The first kappa shape index (κ1) is 14.5. The molecule has 0 saturated carbocycles. The Hall–Kier alpha value is -1.56. The van der Waals surface area contributed by atoms with Gasteiger partial charge in [0.25, 0.3) is 0 Å². The molecule has 0 aliphatic rings. The third-order valence-corrected chi connectivity index (χ3v) is 3.78. The number of carboxylic acids is 1. The summed E-state index contributed by atoms with van der Waals surface area (Å²) in [4.78, 5) is 11.2. The van der Waals surface area contributed by atoms with E-state index in [1.807, 2.05) is 6.92 Å². The van der Waals surface area contributed by atoms with Gasteiger partial charge in [0.15, 0.2) is 0 Å². The molecule has 0 bridgehead atoms. The largest absolute Gasteiger partial charge is 0.480 e. The van der Waals surface area contributed by atoms with Gasteiger partial charge in [0.1, 0.15) is 6.04 Å². The molecule has 0 aliphatic carbocycles. The monoisotopic (exact) mass is 271 g/mol. The molecule has 0 aliphatic heterocycles. The van der Waals surface area contributed by atoms with Gasteiger partial charge in [0.2, 0.25) is 10.0 Å². The Morgan fingerprint density at radius 2 is 1.83 bits per heavy atom. The summed E-state index contributed by atoms with van der Waals surface area (Å²) in [6.45, 7) is 3.52. The van der Waals surface area contributed by atoms with Crippen LogP contribution in [0.25, 0.3) is 0 Å². The number of aryl methyl sites for hydroxylation is 1. The molecular weight excluding hydrogens is 254 g/mol. The minimum absolute atomic E-state index is 0.205. The number of hydrogen-bond donors (Lipinski definition) is 1. The highest BCUT2D eigenvalue weighted by atomic mass is 32.2. The fourth-order valence-corrected chi connectivity index (χ4v) is 2.94. The molecule has 6 heteroatoms. The maximum Gasteiger partial charge on any atom is 0.327 e. The van der Waals surface area contributed by atoms with Crippen LogP contribution >= 0.6 is 0 Å². The fourth-order valence-electron chi connectivity index (χ4n) is 1.73. The molecule has 1 N–H and O–H groups in total. The SMILES string of the molecule is CCC(C(=O)O)N(c1ccc(C)cc1)S(C)(=O)=O. The van der Waals surface area contributed by atoms with Crippen molar-refractivity contribution < 1.29 is 18.3 Å². The number of anilines is 1. The van der Waals surface area contributed by atoms with Gasteiger partial charge in [-0.3, -0.25) is 4.31 Å². The number of hydrogen-bond acceptors (Lipinski definition) is 3. The second-order valence-electron chi connectivity index (χ2n) is 4.16. The van der Waals surface area contributed by atoms with E-state index in [2.05, 4.69) is 0 Å². The van der Waals surface area contributed by atoms with Gasteiger partial charge >= 0.3 is 5.97 Å². The van der Waals surface area contributed by atoms with E-state index in [0.29, 0.717) is 5.69 Å². The summed E-state index contributed by atoms with van der Waals surface area (Å²) in [5.74, 6) is -1.15. The fraction of sp³-hybridized carbons (Fsp3) is 0.417. The highest BCUT2D eigenvalue weighted by molar-refractivity contribution is 7.92. The average Bonchev–Trinajstić information content (AvgIpc) is 2.25. The number of benzene rings is 1. The standard InChI is InChI=1S/C12H17NO4S/c1-4-11(12(14)15)13(18(3,16)17)10-7-5-9(2)6-8-10/h5-8,11H,4H2,1-3H3,(H,14,15). The molecule has 1 aromatic rings. The van der Waals surface area contributed by atoms with Gasteiger partial charge in [-0.2, -0.15) is 0 Å². The molecule has 0 saturated heterocycles. The van der Waals surface area contributed by atoms with Gasteiger partial charge in [-0.1, -0.05) is 24.6 Å². The Balaban J connectivity index is 3.30. The highest BCUT2D eigenvalue weighted by Gasteiger charge is 2.30. The summed E-state index contributed by atoms with van der Waals surface area (Å²) in [7, 11) is -3.63. The average molecular weight is 271 g/mol. The normalized spacial score (nSPS) is 13.1. The lowest BCUT2D eigenvalue weighted by Crippen LogP contribution is -2.44. The van der Waals surface area contributed by atoms with Crippen molar-refractivity contribution >= 4 is 21.7 Å². The third-order valence-electron chi connectivity index (χ3n) is 2.60. The van der Waals surface area contributed by atoms with Crippen LogP contribution in [0.5, 0.6) is 0 Å². The molecule has 0 aromatic heterocycles. The van der Waals surface area contributed by atoms with Crippen LogP contribution in [0, 0.1) is 6.92 Å². The molecule has 0 spiro atoms. The lowest BCUT2D eigenvalue weighted by molar-refractivity contribution is -0.138. The van der Waals surface area contributed by atoms with Gasteiger partial charge in [-0.05, 0) is 25.5 Å². The minimum Gasteiger partial charge on any atom is -0.480 e. The predicted octanol–water partition coefficient (Wildman–Crippen LogP) is 1.62. The summed E-state index contributed by atoms with van der Waals surface area (Å²) in [5, 5.41) is 9.12. The maximum absolute atomic E-state index is 11.8. The second kappa shape index (κ2) is 5.39. The maximum atomic E-state index is 11.8. The van der Waals surface area contributed by atoms with Gasteiger partial charge < -0.3 is 5.11 Å². The molecule has 0 fully saturated rings. The summed E-state index contributed by atoms with van der Waals surface area (Å²) in [5.41, 5.74) is 1.35. The highest BCUT2D eigenvalue weighted by Crippen LogP contribution is 2.22. The lowest BCUT2D eigenvalue weighted by Gasteiger charge is -2.28. The number of nitrogens with zero attached hydrogens (tertiary/aromatic N) is 1. The van der Waals surface area contributed by atoms with Crippen molar-refractivity contribution in [1.82, 2.24) is 0 Å². The zero-order valence-corrected chi connectivity index (χ0v) is 11.4.